The van der Waals surface area contributed by atoms with Crippen LogP contribution in [0.25, 0.3) is 0 Å². The van der Waals surface area contributed by atoms with E-state index in [0.29, 0.717) is 0 Å². The average molecular weight is 395 g/mol. The molecule has 10 heteroatoms. The largest absolute Gasteiger partial charge is 0.469 e. The second-order valence-electron chi connectivity index (χ2n) is 7.02. The van der Waals surface area contributed by atoms with Crippen LogP contribution in [0, 0.1) is 0 Å². The molecule has 2 atom stereocenters. The molecule has 0 spiro atoms. The van der Waals surface area contributed by atoms with Crippen molar-refractivity contribution in [3.8, 4) is 5.88 Å². The highest BCUT2D eigenvalue weighted by molar-refractivity contribution is 5.36. The molecule has 4 rings (SSSR count). The molecule has 0 aromatic carbocycles. The molecule has 0 bridgehead atoms. The number of nitrogens with zero attached hydrogens (tertiary/aromatic N) is 4. The van der Waals surface area contributed by atoms with E-state index in [2.05, 4.69) is 25.3 Å². The fourth-order valence-electron chi connectivity index (χ4n) is 3.45. The summed E-state index contributed by atoms with van der Waals surface area (Å²) in [6.45, 7) is 0.513. The summed E-state index contributed by atoms with van der Waals surface area (Å²) in [6, 6.07) is 0.0392. The van der Waals surface area contributed by atoms with E-state index < -0.39 is 23.7 Å². The summed E-state index contributed by atoms with van der Waals surface area (Å²) in [7, 11) is 0. The lowest BCUT2D eigenvalue weighted by molar-refractivity contribution is -0.142. The second kappa shape index (κ2) is 7.86. The summed E-state index contributed by atoms with van der Waals surface area (Å²) in [6.07, 6.45) is 4.47. The van der Waals surface area contributed by atoms with Crippen LogP contribution in [0.2, 0.25) is 0 Å². The number of nitrogens with one attached hydrogen (secondary N) is 1. The normalized spacial score (nSPS) is 23.1. The topological polar surface area (TPSA) is 82.1 Å². The average Bonchev–Trinajstić information content (AvgIpc) is 2.65. The zero-order valence-electron chi connectivity index (χ0n) is 15.0. The minimum atomic E-state index is -4.58. The molecule has 1 saturated heterocycles. The Kier molecular flexibility index (Phi) is 5.29. The Morgan fingerprint density at radius 1 is 1.11 bits per heavy atom. The van der Waals surface area contributed by atoms with E-state index >= 15 is 0 Å². The maximum Gasteiger partial charge on any atom is 0.423 e. The molecular weight excluding hydrogens is 375 g/mol. The van der Waals surface area contributed by atoms with E-state index in [-0.39, 0.29) is 31.1 Å². The molecule has 1 N–H and O–H groups in total. The molecule has 28 heavy (non-hydrogen) atoms. The van der Waals surface area contributed by atoms with Crippen LogP contribution in [-0.4, -0.2) is 45.3 Å². The monoisotopic (exact) mass is 395 g/mol. The quantitative estimate of drug-likeness (QED) is 0.832. The summed E-state index contributed by atoms with van der Waals surface area (Å²) < 4.78 is 50.0. The third-order valence-corrected chi connectivity index (χ3v) is 4.95. The Morgan fingerprint density at radius 3 is 2.64 bits per heavy atom. The Balaban J connectivity index is 1.48. The number of alkyl halides is 3. The zero-order valence-corrected chi connectivity index (χ0v) is 15.0. The smallest absolute Gasteiger partial charge is 0.423 e. The van der Waals surface area contributed by atoms with Crippen LogP contribution in [-0.2, 0) is 10.9 Å². The molecule has 0 radical (unpaired) electrons. The molecule has 150 valence electrons. The highest BCUT2D eigenvalue weighted by Crippen LogP contribution is 2.37. The molecule has 0 amide bonds. The molecule has 0 unspecified atom stereocenters. The van der Waals surface area contributed by atoms with Gasteiger partial charge in [-0.25, -0.2) is 4.98 Å². The van der Waals surface area contributed by atoms with Gasteiger partial charge in [0.2, 0.25) is 11.8 Å². The lowest BCUT2D eigenvalue weighted by atomic mass is 9.84. The van der Waals surface area contributed by atoms with Gasteiger partial charge in [-0.05, 0) is 19.3 Å². The van der Waals surface area contributed by atoms with Gasteiger partial charge in [-0.15, -0.1) is 0 Å². The first-order valence-corrected chi connectivity index (χ1v) is 9.20. The minimum Gasteiger partial charge on any atom is -0.469 e. The van der Waals surface area contributed by atoms with Crippen molar-refractivity contribution in [3.63, 3.8) is 0 Å². The highest BCUT2D eigenvalue weighted by Gasteiger charge is 2.38. The Bertz CT molecular complexity index is 802. The van der Waals surface area contributed by atoms with Crippen molar-refractivity contribution in [2.24, 2.45) is 0 Å². The molecule has 2 aromatic rings. The molecule has 2 aliphatic rings. The van der Waals surface area contributed by atoms with Crippen molar-refractivity contribution in [3.05, 3.63) is 36.0 Å². The van der Waals surface area contributed by atoms with Gasteiger partial charge in [0, 0.05) is 36.7 Å². The summed E-state index contributed by atoms with van der Waals surface area (Å²) in [4.78, 5) is 16.4. The number of hydrogen-bond donors (Lipinski definition) is 1. The minimum absolute atomic E-state index is 0.0392. The van der Waals surface area contributed by atoms with Gasteiger partial charge in [0.1, 0.15) is 11.7 Å². The molecule has 2 aromatic heterocycles. The van der Waals surface area contributed by atoms with E-state index in [1.165, 1.54) is 0 Å². The number of aromatic nitrogens is 4. The summed E-state index contributed by atoms with van der Waals surface area (Å²) >= 11 is 0. The Morgan fingerprint density at radius 2 is 1.96 bits per heavy atom. The Hall–Kier alpha value is -2.49. The van der Waals surface area contributed by atoms with E-state index in [0.717, 1.165) is 37.6 Å². The highest BCUT2D eigenvalue weighted by atomic mass is 19.4. The predicted molar refractivity (Wildman–Crippen MR) is 92.9 cm³/mol. The third kappa shape index (κ3) is 4.32. The SMILES string of the molecule is FC(F)(F)c1cnc(N[C@H]2CCC[C@H](c3cnccn3)C2)nc1OC1COC1. The number of anilines is 1. The maximum absolute atomic E-state index is 13.2. The standard InChI is InChI=1S/C18H20F3N5O2/c19-18(20,21)14-7-24-17(26-16(14)28-13-9-27-10-13)25-12-3-1-2-11(6-12)15-8-22-4-5-23-15/h4-5,7-8,11-13H,1-3,6,9-10H2,(H,24,25,26)/t11-,12-/m0/s1. The van der Waals surface area contributed by atoms with Crippen molar-refractivity contribution >= 4 is 5.95 Å². The molecule has 1 saturated carbocycles. The van der Waals surface area contributed by atoms with Crippen LogP contribution in [0.3, 0.4) is 0 Å². The fraction of sp³-hybridized carbons (Fsp3) is 0.556. The van der Waals surface area contributed by atoms with Crippen molar-refractivity contribution in [2.45, 2.75) is 49.9 Å². The van der Waals surface area contributed by atoms with Crippen LogP contribution in [0.5, 0.6) is 5.88 Å². The lowest BCUT2D eigenvalue weighted by Crippen LogP contribution is -2.39. The maximum atomic E-state index is 13.2. The van der Waals surface area contributed by atoms with E-state index in [1.807, 2.05) is 0 Å². The van der Waals surface area contributed by atoms with Crippen molar-refractivity contribution in [2.75, 3.05) is 18.5 Å². The fourth-order valence-corrected chi connectivity index (χ4v) is 3.45. The number of ether oxygens (including phenoxy) is 2. The van der Waals surface area contributed by atoms with Crippen molar-refractivity contribution in [1.29, 1.82) is 0 Å². The summed E-state index contributed by atoms with van der Waals surface area (Å²) in [5.41, 5.74) is -0.0534. The lowest BCUT2D eigenvalue weighted by Gasteiger charge is -2.30. The molecule has 1 aliphatic carbocycles. The van der Waals surface area contributed by atoms with Gasteiger partial charge < -0.3 is 14.8 Å². The Labute approximate surface area is 159 Å². The number of halogens is 3. The second-order valence-corrected chi connectivity index (χ2v) is 7.02. The third-order valence-electron chi connectivity index (χ3n) is 4.95. The van der Waals surface area contributed by atoms with Crippen LogP contribution >= 0.6 is 0 Å². The van der Waals surface area contributed by atoms with Crippen LogP contribution in [0.4, 0.5) is 19.1 Å². The molecule has 7 nitrogen and oxygen atoms in total. The molecule has 3 heterocycles. The molecule has 1 aliphatic heterocycles. The first-order valence-electron chi connectivity index (χ1n) is 9.20. The molecular formula is C18H20F3N5O2. The predicted octanol–water partition coefficient (Wildman–Crippen LogP) is 3.20. The van der Waals surface area contributed by atoms with Gasteiger partial charge in [0.25, 0.3) is 0 Å². The number of hydrogen-bond acceptors (Lipinski definition) is 7. The van der Waals surface area contributed by atoms with Gasteiger partial charge in [0.05, 0.1) is 18.9 Å². The number of rotatable bonds is 5. The van der Waals surface area contributed by atoms with E-state index in [9.17, 15) is 13.2 Å². The van der Waals surface area contributed by atoms with Gasteiger partial charge in [-0.1, -0.05) is 6.42 Å². The first kappa shape index (κ1) is 18.9. The van der Waals surface area contributed by atoms with Crippen LogP contribution in [0.15, 0.2) is 24.8 Å². The zero-order chi connectivity index (χ0) is 19.6. The van der Waals surface area contributed by atoms with E-state index in [1.54, 1.807) is 18.6 Å². The van der Waals surface area contributed by atoms with Crippen LogP contribution in [0.1, 0.15) is 42.9 Å². The summed E-state index contributed by atoms with van der Waals surface area (Å²) in [5, 5.41) is 3.16. The van der Waals surface area contributed by atoms with Gasteiger partial charge in [-0.2, -0.15) is 18.2 Å². The first-order chi connectivity index (χ1) is 13.5. The van der Waals surface area contributed by atoms with Crippen molar-refractivity contribution in [1.82, 2.24) is 19.9 Å². The van der Waals surface area contributed by atoms with E-state index in [4.69, 9.17) is 9.47 Å². The van der Waals surface area contributed by atoms with Gasteiger partial charge in [0.15, 0.2) is 0 Å². The van der Waals surface area contributed by atoms with Gasteiger partial charge >= 0.3 is 6.18 Å². The molecule has 2 fully saturated rings. The van der Waals surface area contributed by atoms with Crippen LogP contribution < -0.4 is 10.1 Å². The van der Waals surface area contributed by atoms with Crippen molar-refractivity contribution < 1.29 is 22.6 Å². The summed E-state index contributed by atoms with van der Waals surface area (Å²) in [5.74, 6) is -0.0788. The van der Waals surface area contributed by atoms with Gasteiger partial charge in [-0.3, -0.25) is 9.97 Å².